The van der Waals surface area contributed by atoms with Crippen molar-refractivity contribution in [1.29, 1.82) is 0 Å². The zero-order valence-corrected chi connectivity index (χ0v) is 12.1. The molecule has 0 radical (unpaired) electrons. The summed E-state index contributed by atoms with van der Waals surface area (Å²) in [5, 5.41) is 0. The average Bonchev–Trinajstić information content (AvgIpc) is 2.85. The van der Waals surface area contributed by atoms with Gasteiger partial charge >= 0.3 is 0 Å². The number of aryl methyl sites for hydroxylation is 2. The molecule has 1 nitrogen and oxygen atoms in total. The molecule has 0 spiro atoms. The van der Waals surface area contributed by atoms with Crippen LogP contribution in [0.3, 0.4) is 0 Å². The minimum absolute atomic E-state index is 0.103. The standard InChI is InChI=1S/C19H20O/c1-13-7-3-4-9-15(13)16-10-5-8-14(2)19(16)17-11-6-12-18(17)20/h3-5,7-10,17H,6,11-12H2,1-2H3. The highest BCUT2D eigenvalue weighted by molar-refractivity contribution is 5.90. The molecule has 2 aromatic carbocycles. The molecule has 1 aliphatic carbocycles. The Kier molecular flexibility index (Phi) is 3.43. The van der Waals surface area contributed by atoms with Crippen LogP contribution in [-0.2, 0) is 4.79 Å². The first-order chi connectivity index (χ1) is 9.68. The predicted molar refractivity (Wildman–Crippen MR) is 83.0 cm³/mol. The van der Waals surface area contributed by atoms with Crippen LogP contribution in [0.25, 0.3) is 11.1 Å². The molecule has 102 valence electrons. The SMILES string of the molecule is Cc1ccccc1-c1cccc(C)c1C1CCCC1=O. The second kappa shape index (κ2) is 5.24. The number of rotatable bonds is 2. The Morgan fingerprint density at radius 2 is 1.60 bits per heavy atom. The molecule has 1 unspecified atom stereocenters. The Bertz CT molecular complexity index is 655. The van der Waals surface area contributed by atoms with Gasteiger partial charge in [0, 0.05) is 12.3 Å². The lowest BCUT2D eigenvalue weighted by molar-refractivity contribution is -0.118. The van der Waals surface area contributed by atoms with Gasteiger partial charge in [0.05, 0.1) is 0 Å². The molecule has 3 rings (SSSR count). The number of carbonyl (C=O) groups is 1. The van der Waals surface area contributed by atoms with Crippen molar-refractivity contribution >= 4 is 5.78 Å². The smallest absolute Gasteiger partial charge is 0.140 e. The van der Waals surface area contributed by atoms with Gasteiger partial charge in [-0.2, -0.15) is 0 Å². The van der Waals surface area contributed by atoms with Crippen LogP contribution in [0.5, 0.6) is 0 Å². The van der Waals surface area contributed by atoms with Gasteiger partial charge in [-0.25, -0.2) is 0 Å². The summed E-state index contributed by atoms with van der Waals surface area (Å²) in [6.45, 7) is 4.26. The molecule has 1 atom stereocenters. The van der Waals surface area contributed by atoms with E-state index in [0.29, 0.717) is 5.78 Å². The maximum Gasteiger partial charge on any atom is 0.140 e. The van der Waals surface area contributed by atoms with Gasteiger partial charge in [-0.05, 0) is 54.5 Å². The van der Waals surface area contributed by atoms with Crippen molar-refractivity contribution in [2.45, 2.75) is 39.0 Å². The Morgan fingerprint density at radius 3 is 2.30 bits per heavy atom. The van der Waals surface area contributed by atoms with Gasteiger partial charge < -0.3 is 0 Å². The summed E-state index contributed by atoms with van der Waals surface area (Å²) in [4.78, 5) is 12.2. The van der Waals surface area contributed by atoms with Gasteiger partial charge in [0.2, 0.25) is 0 Å². The number of benzene rings is 2. The maximum atomic E-state index is 12.2. The fourth-order valence-electron chi connectivity index (χ4n) is 3.37. The van der Waals surface area contributed by atoms with Gasteiger partial charge in [-0.15, -0.1) is 0 Å². The molecular formula is C19H20O. The molecule has 0 aliphatic heterocycles. The quantitative estimate of drug-likeness (QED) is 0.761. The molecule has 0 aromatic heterocycles. The molecule has 1 saturated carbocycles. The van der Waals surface area contributed by atoms with Crippen LogP contribution in [0.4, 0.5) is 0 Å². The van der Waals surface area contributed by atoms with Gasteiger partial charge in [-0.1, -0.05) is 42.5 Å². The third-order valence-electron chi connectivity index (χ3n) is 4.41. The number of hydrogen-bond donors (Lipinski definition) is 0. The van der Waals surface area contributed by atoms with E-state index < -0.39 is 0 Å². The van der Waals surface area contributed by atoms with E-state index in [-0.39, 0.29) is 5.92 Å². The molecule has 1 heteroatoms. The fourth-order valence-corrected chi connectivity index (χ4v) is 3.37. The van der Waals surface area contributed by atoms with Crippen molar-refractivity contribution in [1.82, 2.24) is 0 Å². The van der Waals surface area contributed by atoms with Crippen molar-refractivity contribution in [3.05, 3.63) is 59.2 Å². The van der Waals surface area contributed by atoms with E-state index in [9.17, 15) is 4.79 Å². The fraction of sp³-hybridized carbons (Fsp3) is 0.316. The van der Waals surface area contributed by atoms with Gasteiger partial charge in [0.1, 0.15) is 5.78 Å². The largest absolute Gasteiger partial charge is 0.299 e. The Hall–Kier alpha value is -1.89. The highest BCUT2D eigenvalue weighted by Crippen LogP contribution is 2.39. The topological polar surface area (TPSA) is 17.1 Å². The highest BCUT2D eigenvalue weighted by atomic mass is 16.1. The molecule has 1 fully saturated rings. The van der Waals surface area contributed by atoms with Gasteiger partial charge in [0.15, 0.2) is 0 Å². The average molecular weight is 264 g/mol. The summed E-state index contributed by atoms with van der Waals surface area (Å²) < 4.78 is 0. The lowest BCUT2D eigenvalue weighted by Gasteiger charge is -2.19. The van der Waals surface area contributed by atoms with E-state index in [0.717, 1.165) is 19.3 Å². The third-order valence-corrected chi connectivity index (χ3v) is 4.41. The minimum Gasteiger partial charge on any atom is -0.299 e. The first-order valence-corrected chi connectivity index (χ1v) is 7.36. The van der Waals surface area contributed by atoms with Crippen LogP contribution in [-0.4, -0.2) is 5.78 Å². The third kappa shape index (κ3) is 2.18. The lowest BCUT2D eigenvalue weighted by Crippen LogP contribution is -2.08. The zero-order valence-electron chi connectivity index (χ0n) is 12.1. The number of ketones is 1. The number of Topliss-reactive ketones (excluding diaryl/α,β-unsaturated/α-hetero) is 1. The zero-order chi connectivity index (χ0) is 14.1. The molecular weight excluding hydrogens is 244 g/mol. The second-order valence-electron chi connectivity index (χ2n) is 5.76. The summed E-state index contributed by atoms with van der Waals surface area (Å²) in [5.74, 6) is 0.514. The van der Waals surface area contributed by atoms with Crippen LogP contribution >= 0.6 is 0 Å². The van der Waals surface area contributed by atoms with Crippen LogP contribution < -0.4 is 0 Å². The normalized spacial score (nSPS) is 18.5. The van der Waals surface area contributed by atoms with Crippen LogP contribution in [0, 0.1) is 13.8 Å². The molecule has 1 aliphatic rings. The molecule has 0 saturated heterocycles. The number of carbonyl (C=O) groups excluding carboxylic acids is 1. The summed E-state index contributed by atoms with van der Waals surface area (Å²) in [7, 11) is 0. The molecule has 0 bridgehead atoms. The second-order valence-corrected chi connectivity index (χ2v) is 5.76. The van der Waals surface area contributed by atoms with E-state index in [4.69, 9.17) is 0 Å². The molecule has 0 N–H and O–H groups in total. The summed E-state index contributed by atoms with van der Waals surface area (Å²) >= 11 is 0. The lowest BCUT2D eigenvalue weighted by atomic mass is 9.85. The molecule has 2 aromatic rings. The van der Waals surface area contributed by atoms with Crippen LogP contribution in [0.1, 0.15) is 41.9 Å². The van der Waals surface area contributed by atoms with E-state index in [2.05, 4.69) is 56.3 Å². The molecule has 0 heterocycles. The van der Waals surface area contributed by atoms with Crippen molar-refractivity contribution in [3.63, 3.8) is 0 Å². The van der Waals surface area contributed by atoms with Crippen molar-refractivity contribution in [2.75, 3.05) is 0 Å². The van der Waals surface area contributed by atoms with E-state index in [1.807, 2.05) is 0 Å². The van der Waals surface area contributed by atoms with Crippen LogP contribution in [0.15, 0.2) is 42.5 Å². The highest BCUT2D eigenvalue weighted by Gasteiger charge is 2.29. The van der Waals surface area contributed by atoms with E-state index in [1.54, 1.807) is 0 Å². The summed E-state index contributed by atoms with van der Waals surface area (Å²) in [6.07, 6.45) is 2.78. The minimum atomic E-state index is 0.103. The maximum absolute atomic E-state index is 12.2. The van der Waals surface area contributed by atoms with Crippen molar-refractivity contribution in [2.24, 2.45) is 0 Å². The van der Waals surface area contributed by atoms with Crippen LogP contribution in [0.2, 0.25) is 0 Å². The van der Waals surface area contributed by atoms with E-state index in [1.165, 1.54) is 27.8 Å². The van der Waals surface area contributed by atoms with Gasteiger partial charge in [0.25, 0.3) is 0 Å². The van der Waals surface area contributed by atoms with Gasteiger partial charge in [-0.3, -0.25) is 4.79 Å². The summed E-state index contributed by atoms with van der Waals surface area (Å²) in [6, 6.07) is 14.8. The Morgan fingerprint density at radius 1 is 0.900 bits per heavy atom. The number of hydrogen-bond acceptors (Lipinski definition) is 1. The van der Waals surface area contributed by atoms with E-state index >= 15 is 0 Å². The Balaban J connectivity index is 2.19. The van der Waals surface area contributed by atoms with Crippen molar-refractivity contribution < 1.29 is 4.79 Å². The first-order valence-electron chi connectivity index (χ1n) is 7.36. The summed E-state index contributed by atoms with van der Waals surface area (Å²) in [5.41, 5.74) is 6.26. The molecule has 0 amide bonds. The Labute approximate surface area is 120 Å². The molecule has 20 heavy (non-hydrogen) atoms. The first kappa shape index (κ1) is 13.1. The van der Waals surface area contributed by atoms with Crippen molar-refractivity contribution in [3.8, 4) is 11.1 Å². The predicted octanol–water partition coefficient (Wildman–Crippen LogP) is 4.81. The monoisotopic (exact) mass is 264 g/mol.